The largest absolute Gasteiger partial charge is 0.378 e. The van der Waals surface area contributed by atoms with Gasteiger partial charge in [0, 0.05) is 12.6 Å². The van der Waals surface area contributed by atoms with Crippen molar-refractivity contribution < 1.29 is 4.74 Å². The van der Waals surface area contributed by atoms with E-state index in [-0.39, 0.29) is 0 Å². The third kappa shape index (κ3) is 3.74. The van der Waals surface area contributed by atoms with Crippen molar-refractivity contribution in [3.8, 4) is 0 Å². The van der Waals surface area contributed by atoms with Gasteiger partial charge < -0.3 is 10.1 Å². The van der Waals surface area contributed by atoms with Crippen LogP contribution < -0.4 is 5.32 Å². The van der Waals surface area contributed by atoms with Crippen molar-refractivity contribution in [1.82, 2.24) is 5.32 Å². The molecule has 0 aromatic heterocycles. The molecule has 2 heteroatoms. The Labute approximate surface area is 100 Å². The van der Waals surface area contributed by atoms with Crippen molar-refractivity contribution in [1.29, 1.82) is 0 Å². The summed E-state index contributed by atoms with van der Waals surface area (Å²) in [7, 11) is 2.08. The van der Waals surface area contributed by atoms with Crippen molar-refractivity contribution in [2.75, 3.05) is 13.7 Å². The van der Waals surface area contributed by atoms with Crippen LogP contribution in [0.1, 0.15) is 57.8 Å². The normalized spacial score (nSPS) is 32.8. The highest BCUT2D eigenvalue weighted by atomic mass is 16.5. The van der Waals surface area contributed by atoms with Gasteiger partial charge in [-0.25, -0.2) is 0 Å². The van der Waals surface area contributed by atoms with Gasteiger partial charge in [0.2, 0.25) is 0 Å². The zero-order valence-electron chi connectivity index (χ0n) is 10.7. The van der Waals surface area contributed by atoms with Crippen LogP contribution in [0.5, 0.6) is 0 Å². The van der Waals surface area contributed by atoms with Crippen LogP contribution >= 0.6 is 0 Å². The van der Waals surface area contributed by atoms with E-state index in [4.69, 9.17) is 4.74 Å². The molecule has 0 radical (unpaired) electrons. The summed E-state index contributed by atoms with van der Waals surface area (Å²) < 4.78 is 6.11. The van der Waals surface area contributed by atoms with E-state index < -0.39 is 0 Å². The molecule has 1 N–H and O–H groups in total. The summed E-state index contributed by atoms with van der Waals surface area (Å²) in [5, 5.41) is 3.39. The maximum absolute atomic E-state index is 6.11. The van der Waals surface area contributed by atoms with Gasteiger partial charge in [0.05, 0.1) is 6.10 Å². The predicted octanol–water partition coefficient (Wildman–Crippen LogP) is 3.11. The fourth-order valence-electron chi connectivity index (χ4n) is 3.18. The Kier molecular flexibility index (Phi) is 5.11. The lowest BCUT2D eigenvalue weighted by atomic mass is 9.89. The Balaban J connectivity index is 1.64. The van der Waals surface area contributed by atoms with E-state index in [0.29, 0.717) is 12.1 Å². The van der Waals surface area contributed by atoms with E-state index in [1.165, 1.54) is 57.8 Å². The van der Waals surface area contributed by atoms with Gasteiger partial charge in [-0.3, -0.25) is 0 Å². The second-order valence-corrected chi connectivity index (χ2v) is 5.61. The van der Waals surface area contributed by atoms with E-state index in [0.717, 1.165) is 12.5 Å². The first-order chi connectivity index (χ1) is 7.88. The van der Waals surface area contributed by atoms with Crippen LogP contribution in [0, 0.1) is 5.92 Å². The van der Waals surface area contributed by atoms with Crippen LogP contribution in [-0.4, -0.2) is 25.8 Å². The smallest absolute Gasteiger partial charge is 0.0590 e. The first kappa shape index (κ1) is 12.4. The van der Waals surface area contributed by atoms with Crippen LogP contribution in [-0.2, 0) is 4.74 Å². The van der Waals surface area contributed by atoms with Crippen LogP contribution in [0.25, 0.3) is 0 Å². The zero-order valence-corrected chi connectivity index (χ0v) is 10.7. The molecule has 0 aliphatic heterocycles. The van der Waals surface area contributed by atoms with Crippen molar-refractivity contribution in [2.45, 2.75) is 69.9 Å². The Morgan fingerprint density at radius 3 is 2.56 bits per heavy atom. The number of rotatable bonds is 4. The molecule has 2 aliphatic rings. The molecule has 2 rings (SSSR count). The first-order valence-corrected chi connectivity index (χ1v) is 7.17. The topological polar surface area (TPSA) is 21.3 Å². The molecule has 94 valence electrons. The third-order valence-electron chi connectivity index (χ3n) is 4.33. The van der Waals surface area contributed by atoms with Crippen molar-refractivity contribution in [2.24, 2.45) is 5.92 Å². The quantitative estimate of drug-likeness (QED) is 0.794. The number of nitrogens with one attached hydrogen (secondary N) is 1. The Bertz CT molecular complexity index is 189. The van der Waals surface area contributed by atoms with Crippen molar-refractivity contribution in [3.05, 3.63) is 0 Å². The SMILES string of the molecule is CNC1CCCC(OCC2CCCCC2)C1. The monoisotopic (exact) mass is 225 g/mol. The fraction of sp³-hybridized carbons (Fsp3) is 1.00. The summed E-state index contributed by atoms with van der Waals surface area (Å²) in [4.78, 5) is 0. The maximum Gasteiger partial charge on any atom is 0.0590 e. The Morgan fingerprint density at radius 2 is 1.81 bits per heavy atom. The maximum atomic E-state index is 6.11. The Hall–Kier alpha value is -0.0800. The minimum Gasteiger partial charge on any atom is -0.378 e. The van der Waals surface area contributed by atoms with Gasteiger partial charge in [-0.2, -0.15) is 0 Å². The fourth-order valence-corrected chi connectivity index (χ4v) is 3.18. The molecule has 0 bridgehead atoms. The predicted molar refractivity (Wildman–Crippen MR) is 67.6 cm³/mol. The minimum absolute atomic E-state index is 0.535. The second-order valence-electron chi connectivity index (χ2n) is 5.61. The summed E-state index contributed by atoms with van der Waals surface area (Å²) in [6.07, 6.45) is 12.8. The van der Waals surface area contributed by atoms with Gasteiger partial charge in [-0.1, -0.05) is 19.3 Å². The van der Waals surface area contributed by atoms with E-state index in [1.54, 1.807) is 0 Å². The van der Waals surface area contributed by atoms with E-state index in [9.17, 15) is 0 Å². The number of hydrogen-bond acceptors (Lipinski definition) is 2. The molecule has 2 fully saturated rings. The molecule has 2 aliphatic carbocycles. The van der Waals surface area contributed by atoms with Crippen LogP contribution in [0.2, 0.25) is 0 Å². The van der Waals surface area contributed by atoms with Gasteiger partial charge in [0.1, 0.15) is 0 Å². The minimum atomic E-state index is 0.535. The van der Waals surface area contributed by atoms with Gasteiger partial charge in [0.15, 0.2) is 0 Å². The molecule has 0 aromatic rings. The molecular formula is C14H27NO. The molecule has 0 amide bonds. The molecule has 0 spiro atoms. The molecule has 16 heavy (non-hydrogen) atoms. The average molecular weight is 225 g/mol. The summed E-state index contributed by atoms with van der Waals surface area (Å²) in [5.74, 6) is 0.865. The molecule has 0 heterocycles. The lowest BCUT2D eigenvalue weighted by Gasteiger charge is -2.31. The number of hydrogen-bond donors (Lipinski definition) is 1. The first-order valence-electron chi connectivity index (χ1n) is 7.17. The van der Waals surface area contributed by atoms with E-state index in [1.807, 2.05) is 0 Å². The molecule has 2 atom stereocenters. The molecule has 2 nitrogen and oxygen atoms in total. The van der Waals surface area contributed by atoms with E-state index >= 15 is 0 Å². The average Bonchev–Trinajstić information content (AvgIpc) is 2.38. The lowest BCUT2D eigenvalue weighted by Crippen LogP contribution is -2.35. The van der Waals surface area contributed by atoms with Crippen molar-refractivity contribution >= 4 is 0 Å². The summed E-state index contributed by atoms with van der Waals surface area (Å²) in [6.45, 7) is 1.03. The highest BCUT2D eigenvalue weighted by molar-refractivity contribution is 4.77. The molecule has 2 unspecified atom stereocenters. The summed E-state index contributed by atoms with van der Waals surface area (Å²) >= 11 is 0. The van der Waals surface area contributed by atoms with Crippen LogP contribution in [0.15, 0.2) is 0 Å². The zero-order chi connectivity index (χ0) is 11.2. The third-order valence-corrected chi connectivity index (χ3v) is 4.33. The van der Waals surface area contributed by atoms with Gasteiger partial charge in [-0.05, 0) is 51.5 Å². The molecule has 0 saturated heterocycles. The van der Waals surface area contributed by atoms with E-state index in [2.05, 4.69) is 12.4 Å². The lowest BCUT2D eigenvalue weighted by molar-refractivity contribution is -0.00504. The summed E-state index contributed by atoms with van der Waals surface area (Å²) in [6, 6.07) is 0.699. The second kappa shape index (κ2) is 6.61. The highest BCUT2D eigenvalue weighted by Crippen LogP contribution is 2.26. The van der Waals surface area contributed by atoms with Gasteiger partial charge in [0.25, 0.3) is 0 Å². The van der Waals surface area contributed by atoms with Crippen LogP contribution in [0.3, 0.4) is 0 Å². The van der Waals surface area contributed by atoms with Gasteiger partial charge >= 0.3 is 0 Å². The summed E-state index contributed by atoms with van der Waals surface area (Å²) in [5.41, 5.74) is 0. The standard InChI is InChI=1S/C14H27NO/c1-15-13-8-5-9-14(10-13)16-11-12-6-3-2-4-7-12/h12-15H,2-11H2,1H3. The molecule has 2 saturated carbocycles. The molecule has 0 aromatic carbocycles. The van der Waals surface area contributed by atoms with Crippen LogP contribution in [0.4, 0.5) is 0 Å². The Morgan fingerprint density at radius 1 is 1.00 bits per heavy atom. The number of ether oxygens (including phenoxy) is 1. The van der Waals surface area contributed by atoms with Gasteiger partial charge in [-0.15, -0.1) is 0 Å². The molecular weight excluding hydrogens is 198 g/mol. The van der Waals surface area contributed by atoms with Crippen molar-refractivity contribution in [3.63, 3.8) is 0 Å². The highest BCUT2D eigenvalue weighted by Gasteiger charge is 2.22.